The van der Waals surface area contributed by atoms with Crippen molar-refractivity contribution in [3.63, 3.8) is 0 Å². The van der Waals surface area contributed by atoms with Gasteiger partial charge in [0.1, 0.15) is 5.82 Å². The molecule has 0 aromatic heterocycles. The third-order valence-electron chi connectivity index (χ3n) is 6.11. The van der Waals surface area contributed by atoms with Crippen LogP contribution in [0, 0.1) is 11.7 Å². The molecule has 3 rings (SSSR count). The van der Waals surface area contributed by atoms with E-state index in [0.29, 0.717) is 12.1 Å². The smallest absolute Gasteiger partial charge is 0.389 e. The largest absolute Gasteiger partial charge is 0.430 e. The van der Waals surface area contributed by atoms with Crippen LogP contribution in [0.25, 0.3) is 0 Å². The summed E-state index contributed by atoms with van der Waals surface area (Å²) in [6, 6.07) is 5.06. The van der Waals surface area contributed by atoms with Crippen molar-refractivity contribution in [2.75, 3.05) is 17.4 Å². The van der Waals surface area contributed by atoms with E-state index in [0.717, 1.165) is 34.6 Å². The number of alkyl halides is 6. The Morgan fingerprint density at radius 1 is 1.00 bits per heavy atom. The summed E-state index contributed by atoms with van der Waals surface area (Å²) in [5.74, 6) is -2.32. The molecule has 0 aliphatic carbocycles. The van der Waals surface area contributed by atoms with Crippen LogP contribution in [0.15, 0.2) is 47.4 Å². The molecule has 1 amide bonds. The highest BCUT2D eigenvalue weighted by Gasteiger charge is 2.71. The number of anilines is 1. The van der Waals surface area contributed by atoms with E-state index < -0.39 is 68.1 Å². The van der Waals surface area contributed by atoms with Gasteiger partial charge in [-0.25, -0.2) is 12.8 Å². The van der Waals surface area contributed by atoms with Gasteiger partial charge in [-0.05, 0) is 62.1 Å². The van der Waals surface area contributed by atoms with E-state index in [1.807, 2.05) is 0 Å². The van der Waals surface area contributed by atoms with Crippen molar-refractivity contribution in [2.24, 2.45) is 5.92 Å². The molecule has 0 saturated heterocycles. The quantitative estimate of drug-likeness (QED) is 0.429. The zero-order chi connectivity index (χ0) is 29.6. The maximum atomic E-state index is 13.5. The van der Waals surface area contributed by atoms with E-state index in [9.17, 15) is 54.2 Å². The number of aliphatic hydroxyl groups is 2. The highest BCUT2D eigenvalue weighted by atomic mass is 32.2. The van der Waals surface area contributed by atoms with E-state index in [4.69, 9.17) is 0 Å². The normalized spacial score (nSPS) is 17.1. The fourth-order valence-electron chi connectivity index (χ4n) is 4.16. The Bertz CT molecular complexity index is 1310. The lowest BCUT2D eigenvalue weighted by atomic mass is 9.85. The van der Waals surface area contributed by atoms with Crippen LogP contribution in [0.4, 0.5) is 36.4 Å². The Morgan fingerprint density at radius 2 is 1.56 bits per heavy atom. The molecule has 2 aromatic carbocycles. The fourth-order valence-corrected chi connectivity index (χ4v) is 5.74. The summed E-state index contributed by atoms with van der Waals surface area (Å²) in [6.45, 7) is 2.25. The third kappa shape index (κ3) is 6.30. The van der Waals surface area contributed by atoms with Crippen molar-refractivity contribution in [1.82, 2.24) is 5.32 Å². The number of nitrogens with one attached hydrogen (secondary N) is 1. The van der Waals surface area contributed by atoms with Gasteiger partial charge in [0.2, 0.25) is 5.91 Å². The standard InChI is InChI=1S/C24H25F7N2O5S/c1-21(2,35)13-32-20(34)10-14-9-15-11-16(22(36,23(26,27)28)24(29,30)31)3-8-19(15)33(12-14)39(37,38)18-6-4-17(25)5-7-18/h3-8,11,14,35-36H,9-10,12-13H2,1-2H3,(H,32,34). The van der Waals surface area contributed by atoms with Gasteiger partial charge in [0.05, 0.1) is 16.2 Å². The Labute approximate surface area is 219 Å². The highest BCUT2D eigenvalue weighted by Crippen LogP contribution is 2.51. The fraction of sp³-hybridized carbons (Fsp3) is 0.458. The van der Waals surface area contributed by atoms with Gasteiger partial charge in [0.15, 0.2) is 0 Å². The van der Waals surface area contributed by atoms with E-state index in [1.54, 1.807) is 0 Å². The average molecular weight is 587 g/mol. The van der Waals surface area contributed by atoms with Gasteiger partial charge in [-0.1, -0.05) is 12.1 Å². The lowest BCUT2D eigenvalue weighted by Gasteiger charge is -2.37. The van der Waals surface area contributed by atoms with E-state index in [-0.39, 0.29) is 30.8 Å². The summed E-state index contributed by atoms with van der Waals surface area (Å²) in [5, 5.41) is 22.1. The number of carbonyl (C=O) groups excluding carboxylic acids is 1. The number of amides is 1. The molecule has 1 atom stereocenters. The number of benzene rings is 2. The number of rotatable bonds is 7. The van der Waals surface area contributed by atoms with Gasteiger partial charge < -0.3 is 15.5 Å². The highest BCUT2D eigenvalue weighted by molar-refractivity contribution is 7.92. The molecule has 1 unspecified atom stereocenters. The molecule has 0 radical (unpaired) electrons. The van der Waals surface area contributed by atoms with E-state index in [1.165, 1.54) is 13.8 Å². The monoisotopic (exact) mass is 586 g/mol. The molecular weight excluding hydrogens is 561 g/mol. The van der Waals surface area contributed by atoms with Gasteiger partial charge in [-0.3, -0.25) is 9.10 Å². The lowest BCUT2D eigenvalue weighted by molar-refractivity contribution is -0.376. The van der Waals surface area contributed by atoms with Gasteiger partial charge in [0, 0.05) is 25.1 Å². The SMILES string of the molecule is CC(C)(O)CNC(=O)CC1Cc2cc(C(O)(C(F)(F)F)C(F)(F)F)ccc2N(S(=O)(=O)c2ccc(F)cc2)C1. The number of hydrogen-bond acceptors (Lipinski definition) is 5. The Kier molecular flexibility index (Phi) is 8.05. The number of nitrogens with zero attached hydrogens (tertiary/aromatic N) is 1. The first kappa shape index (κ1) is 30.6. The molecule has 0 saturated carbocycles. The van der Waals surface area contributed by atoms with Crippen LogP contribution in [0.3, 0.4) is 0 Å². The van der Waals surface area contributed by atoms with Crippen LogP contribution in [0.2, 0.25) is 0 Å². The van der Waals surface area contributed by atoms with Crippen molar-refractivity contribution in [1.29, 1.82) is 0 Å². The molecule has 1 heterocycles. The zero-order valence-electron chi connectivity index (χ0n) is 20.6. The van der Waals surface area contributed by atoms with Crippen LogP contribution in [-0.2, 0) is 26.8 Å². The molecule has 0 bridgehead atoms. The van der Waals surface area contributed by atoms with Crippen molar-refractivity contribution in [3.05, 3.63) is 59.4 Å². The Balaban J connectivity index is 2.10. The van der Waals surface area contributed by atoms with Gasteiger partial charge >= 0.3 is 12.4 Å². The number of fused-ring (bicyclic) bond motifs is 1. The second-order valence-corrected chi connectivity index (χ2v) is 11.8. The zero-order valence-corrected chi connectivity index (χ0v) is 21.4. The summed E-state index contributed by atoms with van der Waals surface area (Å²) in [7, 11) is -4.51. The molecule has 0 spiro atoms. The molecule has 0 fully saturated rings. The van der Waals surface area contributed by atoms with Crippen LogP contribution in [0.1, 0.15) is 31.4 Å². The number of halogens is 7. The minimum Gasteiger partial charge on any atom is -0.389 e. The van der Waals surface area contributed by atoms with Crippen LogP contribution in [-0.4, -0.2) is 55.6 Å². The topological polar surface area (TPSA) is 107 Å². The molecule has 1 aliphatic rings. The molecule has 39 heavy (non-hydrogen) atoms. The van der Waals surface area contributed by atoms with E-state index in [2.05, 4.69) is 5.32 Å². The first-order valence-corrected chi connectivity index (χ1v) is 12.9. The van der Waals surface area contributed by atoms with Crippen molar-refractivity contribution < 1.29 is 54.2 Å². The predicted octanol–water partition coefficient (Wildman–Crippen LogP) is 3.78. The predicted molar refractivity (Wildman–Crippen MR) is 124 cm³/mol. The van der Waals surface area contributed by atoms with E-state index >= 15 is 0 Å². The van der Waals surface area contributed by atoms with Gasteiger partial charge in [0.25, 0.3) is 15.6 Å². The van der Waals surface area contributed by atoms with Crippen molar-refractivity contribution in [3.8, 4) is 0 Å². The third-order valence-corrected chi connectivity index (χ3v) is 7.91. The van der Waals surface area contributed by atoms with Gasteiger partial charge in [-0.2, -0.15) is 26.3 Å². The minimum absolute atomic E-state index is 0.179. The first-order valence-electron chi connectivity index (χ1n) is 11.4. The maximum Gasteiger partial charge on any atom is 0.430 e. The summed E-state index contributed by atoms with van der Waals surface area (Å²) < 4.78 is 122. The summed E-state index contributed by atoms with van der Waals surface area (Å²) in [5.41, 5.74) is -8.67. The van der Waals surface area contributed by atoms with Crippen molar-refractivity contribution >= 4 is 21.6 Å². The second-order valence-electron chi connectivity index (χ2n) is 9.90. The van der Waals surface area contributed by atoms with Crippen LogP contribution >= 0.6 is 0 Å². The molecule has 2 aromatic rings. The molecular formula is C24H25F7N2O5S. The summed E-state index contributed by atoms with van der Waals surface area (Å²) in [6.07, 6.45) is -13.0. The molecule has 15 heteroatoms. The summed E-state index contributed by atoms with van der Waals surface area (Å²) in [4.78, 5) is 12.0. The number of sulfonamides is 1. The summed E-state index contributed by atoms with van der Waals surface area (Å²) >= 11 is 0. The number of carbonyl (C=O) groups is 1. The van der Waals surface area contributed by atoms with Crippen LogP contribution in [0.5, 0.6) is 0 Å². The maximum absolute atomic E-state index is 13.5. The minimum atomic E-state index is -6.16. The first-order chi connectivity index (χ1) is 17.7. The number of hydrogen-bond donors (Lipinski definition) is 3. The molecule has 3 N–H and O–H groups in total. The van der Waals surface area contributed by atoms with Crippen molar-refractivity contribution in [2.45, 2.75) is 55.1 Å². The molecule has 216 valence electrons. The molecule has 1 aliphatic heterocycles. The Hall–Kier alpha value is -2.91. The lowest BCUT2D eigenvalue weighted by Crippen LogP contribution is -2.54. The second kappa shape index (κ2) is 10.2. The average Bonchev–Trinajstić information content (AvgIpc) is 2.79. The van der Waals surface area contributed by atoms with Crippen LogP contribution < -0.4 is 9.62 Å². The van der Waals surface area contributed by atoms with Gasteiger partial charge in [-0.15, -0.1) is 0 Å². The Morgan fingerprint density at radius 3 is 2.08 bits per heavy atom. The molecule has 7 nitrogen and oxygen atoms in total.